The molecule has 2 fully saturated rings. The molecule has 0 aromatic heterocycles. The molecule has 32 heavy (non-hydrogen) atoms. The number of rotatable bonds is 9. The number of imide groups is 1. The maximum Gasteiger partial charge on any atom is 0.294 e. The van der Waals surface area contributed by atoms with Gasteiger partial charge in [0.1, 0.15) is 6.54 Å². The van der Waals surface area contributed by atoms with E-state index in [4.69, 9.17) is 9.47 Å². The molecule has 0 spiro atoms. The Balaban J connectivity index is 1.84. The number of carbonyl (C=O) groups excluding carboxylic acids is 3. The Labute approximate surface area is 193 Å². The number of hydrogen-bond acceptors (Lipinski definition) is 6. The quantitative estimate of drug-likeness (QED) is 0.407. The zero-order valence-corrected chi connectivity index (χ0v) is 19.5. The van der Waals surface area contributed by atoms with E-state index in [0.29, 0.717) is 44.2 Å². The lowest BCUT2D eigenvalue weighted by molar-refractivity contribution is -0.136. The highest BCUT2D eigenvalue weighted by molar-refractivity contribution is 8.18. The van der Waals surface area contributed by atoms with Crippen LogP contribution in [0.25, 0.3) is 6.08 Å². The van der Waals surface area contributed by atoms with Crippen molar-refractivity contribution in [3.63, 3.8) is 0 Å². The summed E-state index contributed by atoms with van der Waals surface area (Å²) in [4.78, 5) is 41.0. The number of likely N-dealkylation sites (tertiary alicyclic amines) is 1. The van der Waals surface area contributed by atoms with Crippen molar-refractivity contribution in [2.45, 2.75) is 39.5 Å². The van der Waals surface area contributed by atoms with Crippen molar-refractivity contribution in [2.24, 2.45) is 0 Å². The first kappa shape index (κ1) is 23.9. The monoisotopic (exact) mass is 458 g/mol. The standard InChI is InChI=1S/C24H30N2O5S/c1-4-10-18-13-17(14-19(30-5-2)22(18)31-6-3)15-20-23(28)26(24(29)32-20)16-21(27)25-11-8-7-9-12-25/h4,13-15H,1,5-12,16H2,2-3H3/b20-15+. The van der Waals surface area contributed by atoms with E-state index in [1.165, 1.54) is 0 Å². The van der Waals surface area contributed by atoms with Crippen LogP contribution in [0.1, 0.15) is 44.2 Å². The van der Waals surface area contributed by atoms with Crippen molar-refractivity contribution in [1.29, 1.82) is 0 Å². The van der Waals surface area contributed by atoms with Crippen LogP contribution in [0.15, 0.2) is 29.7 Å². The van der Waals surface area contributed by atoms with Crippen LogP contribution < -0.4 is 9.47 Å². The van der Waals surface area contributed by atoms with Crippen LogP contribution >= 0.6 is 11.8 Å². The molecule has 0 atom stereocenters. The molecule has 2 heterocycles. The largest absolute Gasteiger partial charge is 0.490 e. The number of piperidine rings is 1. The SMILES string of the molecule is C=CCc1cc(/C=C2/SC(=O)N(CC(=O)N3CCCCC3)C2=O)cc(OCC)c1OCC. The zero-order valence-electron chi connectivity index (χ0n) is 18.7. The van der Waals surface area contributed by atoms with E-state index in [1.54, 1.807) is 23.1 Å². The maximum absolute atomic E-state index is 12.9. The van der Waals surface area contributed by atoms with Gasteiger partial charge in [0.2, 0.25) is 5.91 Å². The number of carbonyl (C=O) groups is 3. The second-order valence-corrected chi connectivity index (χ2v) is 8.57. The van der Waals surface area contributed by atoms with E-state index in [-0.39, 0.29) is 17.4 Å². The van der Waals surface area contributed by atoms with E-state index in [0.717, 1.165) is 47.1 Å². The van der Waals surface area contributed by atoms with Crippen LogP contribution in [0.3, 0.4) is 0 Å². The van der Waals surface area contributed by atoms with Gasteiger partial charge in [-0.1, -0.05) is 6.08 Å². The van der Waals surface area contributed by atoms with Crippen LogP contribution in [-0.2, 0) is 16.0 Å². The molecule has 1 aromatic rings. The molecule has 2 aliphatic rings. The predicted molar refractivity (Wildman–Crippen MR) is 126 cm³/mol. The third-order valence-electron chi connectivity index (χ3n) is 5.28. The number of allylic oxidation sites excluding steroid dienone is 1. The van der Waals surface area contributed by atoms with Gasteiger partial charge in [-0.25, -0.2) is 0 Å². The van der Waals surface area contributed by atoms with Gasteiger partial charge in [0.25, 0.3) is 11.1 Å². The Bertz CT molecular complexity index is 921. The van der Waals surface area contributed by atoms with Crippen LogP contribution in [-0.4, -0.2) is 59.7 Å². The third-order valence-corrected chi connectivity index (χ3v) is 6.19. The lowest BCUT2D eigenvalue weighted by Gasteiger charge is -2.27. The molecule has 3 rings (SSSR count). The lowest BCUT2D eigenvalue weighted by atomic mass is 10.0. The summed E-state index contributed by atoms with van der Waals surface area (Å²) in [6.07, 6.45) is 7.04. The summed E-state index contributed by atoms with van der Waals surface area (Å²) in [6, 6.07) is 3.70. The molecule has 2 saturated heterocycles. The summed E-state index contributed by atoms with van der Waals surface area (Å²) in [5.74, 6) is 0.620. The molecule has 3 amide bonds. The fourth-order valence-electron chi connectivity index (χ4n) is 3.81. The average Bonchev–Trinajstić information content (AvgIpc) is 3.04. The number of nitrogens with zero attached hydrogens (tertiary/aromatic N) is 2. The number of ether oxygens (including phenoxy) is 2. The molecule has 7 nitrogen and oxygen atoms in total. The molecule has 0 radical (unpaired) electrons. The van der Waals surface area contributed by atoms with Crippen molar-refractivity contribution in [1.82, 2.24) is 9.80 Å². The maximum atomic E-state index is 12.9. The first-order valence-electron chi connectivity index (χ1n) is 11.0. The minimum atomic E-state index is -0.442. The van der Waals surface area contributed by atoms with Gasteiger partial charge in [0, 0.05) is 18.7 Å². The van der Waals surface area contributed by atoms with Crippen LogP contribution in [0.2, 0.25) is 0 Å². The number of amides is 3. The molecule has 172 valence electrons. The summed E-state index contributed by atoms with van der Waals surface area (Å²) < 4.78 is 11.5. The van der Waals surface area contributed by atoms with Gasteiger partial charge in [-0.15, -0.1) is 6.58 Å². The Morgan fingerprint density at radius 1 is 1.12 bits per heavy atom. The zero-order chi connectivity index (χ0) is 23.1. The third kappa shape index (κ3) is 5.54. The molecule has 0 bridgehead atoms. The van der Waals surface area contributed by atoms with Crippen molar-refractivity contribution < 1.29 is 23.9 Å². The van der Waals surface area contributed by atoms with Crippen LogP contribution in [0, 0.1) is 0 Å². The molecule has 0 N–H and O–H groups in total. The molecule has 0 saturated carbocycles. The number of benzene rings is 1. The number of hydrogen-bond donors (Lipinski definition) is 0. The summed E-state index contributed by atoms with van der Waals surface area (Å²) in [5, 5.41) is -0.422. The van der Waals surface area contributed by atoms with Gasteiger partial charge in [0.15, 0.2) is 11.5 Å². The minimum Gasteiger partial charge on any atom is -0.490 e. The van der Waals surface area contributed by atoms with Crippen molar-refractivity contribution >= 4 is 34.9 Å². The van der Waals surface area contributed by atoms with Gasteiger partial charge >= 0.3 is 0 Å². The highest BCUT2D eigenvalue weighted by Crippen LogP contribution is 2.37. The smallest absolute Gasteiger partial charge is 0.294 e. The van der Waals surface area contributed by atoms with Gasteiger partial charge in [0.05, 0.1) is 18.1 Å². The van der Waals surface area contributed by atoms with Crippen LogP contribution in [0.4, 0.5) is 4.79 Å². The van der Waals surface area contributed by atoms with E-state index in [2.05, 4.69) is 6.58 Å². The van der Waals surface area contributed by atoms with Crippen molar-refractivity contribution in [2.75, 3.05) is 32.8 Å². The average molecular weight is 459 g/mol. The van der Waals surface area contributed by atoms with Crippen LogP contribution in [0.5, 0.6) is 11.5 Å². The fraction of sp³-hybridized carbons (Fsp3) is 0.458. The minimum absolute atomic E-state index is 0.179. The molecule has 0 unspecified atom stereocenters. The highest BCUT2D eigenvalue weighted by atomic mass is 32.2. The molecular weight excluding hydrogens is 428 g/mol. The highest BCUT2D eigenvalue weighted by Gasteiger charge is 2.37. The van der Waals surface area contributed by atoms with E-state index in [1.807, 2.05) is 19.9 Å². The molecule has 1 aromatic carbocycles. The Morgan fingerprint density at radius 2 is 1.84 bits per heavy atom. The number of thioether (sulfide) groups is 1. The van der Waals surface area contributed by atoms with Crippen molar-refractivity contribution in [3.05, 3.63) is 40.8 Å². The normalized spacial score (nSPS) is 17.8. The van der Waals surface area contributed by atoms with Crippen molar-refractivity contribution in [3.8, 4) is 11.5 Å². The Kier molecular flexibility index (Phi) is 8.39. The first-order chi connectivity index (χ1) is 15.5. The molecule has 0 aliphatic carbocycles. The molecule has 8 heteroatoms. The summed E-state index contributed by atoms with van der Waals surface area (Å²) in [5.41, 5.74) is 1.61. The van der Waals surface area contributed by atoms with Gasteiger partial charge < -0.3 is 14.4 Å². The van der Waals surface area contributed by atoms with Gasteiger partial charge in [-0.3, -0.25) is 19.3 Å². The van der Waals surface area contributed by atoms with E-state index >= 15 is 0 Å². The summed E-state index contributed by atoms with van der Waals surface area (Å²) in [7, 11) is 0. The fourth-order valence-corrected chi connectivity index (χ4v) is 4.65. The second-order valence-electron chi connectivity index (χ2n) is 7.58. The van der Waals surface area contributed by atoms with E-state index in [9.17, 15) is 14.4 Å². The topological polar surface area (TPSA) is 76.2 Å². The second kappa shape index (κ2) is 11.2. The Morgan fingerprint density at radius 3 is 2.50 bits per heavy atom. The first-order valence-corrected chi connectivity index (χ1v) is 11.9. The lowest BCUT2D eigenvalue weighted by Crippen LogP contribution is -2.44. The summed E-state index contributed by atoms with van der Waals surface area (Å²) >= 11 is 0.854. The summed E-state index contributed by atoms with van der Waals surface area (Å²) in [6.45, 7) is 9.72. The Hall–Kier alpha value is -2.74. The predicted octanol–water partition coefficient (Wildman–Crippen LogP) is 4.26. The van der Waals surface area contributed by atoms with E-state index < -0.39 is 11.1 Å². The molecule has 2 aliphatic heterocycles. The van der Waals surface area contributed by atoms with Gasteiger partial charge in [-0.2, -0.15) is 0 Å². The van der Waals surface area contributed by atoms with Gasteiger partial charge in [-0.05, 0) is 75.1 Å². The molecular formula is C24H30N2O5S.